The number of hydrogen-bond donors (Lipinski definition) is 2. The van der Waals surface area contributed by atoms with Gasteiger partial charge < -0.3 is 10.6 Å². The molecule has 6 nitrogen and oxygen atoms in total. The van der Waals surface area contributed by atoms with E-state index in [4.69, 9.17) is 0 Å². The lowest BCUT2D eigenvalue weighted by atomic mass is 9.89. The van der Waals surface area contributed by atoms with Crippen LogP contribution in [0.15, 0.2) is 29.4 Å². The first-order chi connectivity index (χ1) is 10.9. The van der Waals surface area contributed by atoms with Gasteiger partial charge in [0.2, 0.25) is 0 Å². The highest BCUT2D eigenvalue weighted by atomic mass is 15.3. The summed E-state index contributed by atoms with van der Waals surface area (Å²) in [5, 5.41) is 15.1. The van der Waals surface area contributed by atoms with E-state index in [1.54, 1.807) is 7.05 Å². The Morgan fingerprint density at radius 3 is 2.78 bits per heavy atom. The molecule has 2 N–H and O–H groups in total. The summed E-state index contributed by atoms with van der Waals surface area (Å²) in [4.78, 5) is 4.29. The smallest absolute Gasteiger partial charge is 0.191 e. The third kappa shape index (κ3) is 5.23. The number of aromatic nitrogens is 3. The lowest BCUT2D eigenvalue weighted by Gasteiger charge is -2.23. The molecule has 2 rings (SSSR count). The maximum Gasteiger partial charge on any atom is 0.191 e. The molecular formula is C17H28N6. The maximum atomic E-state index is 4.29. The first-order valence-electron chi connectivity index (χ1n) is 8.15. The van der Waals surface area contributed by atoms with Crippen LogP contribution in [0.4, 0.5) is 0 Å². The molecule has 0 aromatic carbocycles. The van der Waals surface area contributed by atoms with Gasteiger partial charge in [0, 0.05) is 19.3 Å². The van der Waals surface area contributed by atoms with E-state index >= 15 is 0 Å². The van der Waals surface area contributed by atoms with Gasteiger partial charge in [0.25, 0.3) is 0 Å². The summed E-state index contributed by atoms with van der Waals surface area (Å²) in [5.41, 5.74) is 1.21. The zero-order chi connectivity index (χ0) is 16.9. The van der Waals surface area contributed by atoms with E-state index in [9.17, 15) is 0 Å². The predicted molar refractivity (Wildman–Crippen MR) is 94.5 cm³/mol. The van der Waals surface area contributed by atoms with Crippen LogP contribution in [-0.4, -0.2) is 33.6 Å². The lowest BCUT2D eigenvalue weighted by Crippen LogP contribution is -2.42. The van der Waals surface area contributed by atoms with Gasteiger partial charge in [-0.2, -0.15) is 0 Å². The van der Waals surface area contributed by atoms with Gasteiger partial charge in [0.1, 0.15) is 0 Å². The first kappa shape index (κ1) is 17.2. The number of nitrogens with zero attached hydrogens (tertiary/aromatic N) is 4. The molecule has 1 unspecified atom stereocenters. The van der Waals surface area contributed by atoms with Crippen LogP contribution in [0.5, 0.6) is 0 Å². The SMILES string of the molecule is CN=C(NCc1nnc2ccccn12)NC(C)CCC(C)(C)C. The third-order valence-corrected chi connectivity index (χ3v) is 3.73. The quantitative estimate of drug-likeness (QED) is 0.657. The van der Waals surface area contributed by atoms with E-state index in [1.807, 2.05) is 28.8 Å². The van der Waals surface area contributed by atoms with Gasteiger partial charge in [-0.1, -0.05) is 26.8 Å². The Balaban J connectivity index is 1.88. The van der Waals surface area contributed by atoms with Crippen molar-refractivity contribution >= 4 is 11.6 Å². The van der Waals surface area contributed by atoms with Crippen LogP contribution in [0.3, 0.4) is 0 Å². The Kier molecular flexibility index (Phi) is 5.58. The highest BCUT2D eigenvalue weighted by Gasteiger charge is 2.13. The summed E-state index contributed by atoms with van der Waals surface area (Å²) in [6, 6.07) is 6.24. The van der Waals surface area contributed by atoms with Crippen LogP contribution in [0, 0.1) is 5.41 Å². The van der Waals surface area contributed by atoms with Gasteiger partial charge in [0.15, 0.2) is 17.4 Å². The summed E-state index contributed by atoms with van der Waals surface area (Å²) >= 11 is 0. The molecule has 6 heteroatoms. The van der Waals surface area contributed by atoms with Crippen molar-refractivity contribution in [3.05, 3.63) is 30.2 Å². The second kappa shape index (κ2) is 7.44. The fourth-order valence-corrected chi connectivity index (χ4v) is 2.32. The Bertz CT molecular complexity index is 652. The minimum atomic E-state index is 0.354. The van der Waals surface area contributed by atoms with Crippen LogP contribution in [-0.2, 0) is 6.54 Å². The molecule has 2 aromatic rings. The van der Waals surface area contributed by atoms with Gasteiger partial charge in [-0.05, 0) is 37.3 Å². The molecule has 0 saturated heterocycles. The highest BCUT2D eigenvalue weighted by Crippen LogP contribution is 2.21. The lowest BCUT2D eigenvalue weighted by molar-refractivity contribution is 0.346. The molecule has 23 heavy (non-hydrogen) atoms. The van der Waals surface area contributed by atoms with Crippen molar-refractivity contribution in [1.29, 1.82) is 0 Å². The Morgan fingerprint density at radius 2 is 2.09 bits per heavy atom. The highest BCUT2D eigenvalue weighted by molar-refractivity contribution is 5.79. The molecule has 0 saturated carbocycles. The number of rotatable bonds is 5. The number of hydrogen-bond acceptors (Lipinski definition) is 3. The van der Waals surface area contributed by atoms with Crippen LogP contribution in [0.2, 0.25) is 0 Å². The largest absolute Gasteiger partial charge is 0.354 e. The number of guanidine groups is 1. The number of nitrogens with one attached hydrogen (secondary N) is 2. The van der Waals surface area contributed by atoms with Crippen molar-refractivity contribution in [2.24, 2.45) is 10.4 Å². The van der Waals surface area contributed by atoms with Crippen LogP contribution in [0.1, 0.15) is 46.4 Å². The van der Waals surface area contributed by atoms with Gasteiger partial charge in [0.05, 0.1) is 6.54 Å². The number of fused-ring (bicyclic) bond motifs is 1. The van der Waals surface area contributed by atoms with E-state index < -0.39 is 0 Å². The van der Waals surface area contributed by atoms with Crippen molar-refractivity contribution in [2.45, 2.75) is 53.1 Å². The molecular weight excluding hydrogens is 288 g/mol. The molecule has 1 atom stereocenters. The average Bonchev–Trinajstić information content (AvgIpc) is 2.92. The van der Waals surface area contributed by atoms with Gasteiger partial charge in [-0.3, -0.25) is 9.39 Å². The molecule has 0 aliphatic rings. The van der Waals surface area contributed by atoms with Crippen molar-refractivity contribution in [3.8, 4) is 0 Å². The van der Waals surface area contributed by atoms with Gasteiger partial charge in [-0.15, -0.1) is 10.2 Å². The first-order valence-corrected chi connectivity index (χ1v) is 8.15. The fourth-order valence-electron chi connectivity index (χ4n) is 2.32. The zero-order valence-corrected chi connectivity index (χ0v) is 14.8. The molecule has 0 spiro atoms. The Hall–Kier alpha value is -2.11. The Labute approximate surface area is 138 Å². The van der Waals surface area contributed by atoms with Gasteiger partial charge in [-0.25, -0.2) is 0 Å². The molecule has 2 aromatic heterocycles. The second-order valence-electron chi connectivity index (χ2n) is 7.12. The van der Waals surface area contributed by atoms with E-state index in [0.29, 0.717) is 18.0 Å². The maximum absolute atomic E-state index is 4.29. The third-order valence-electron chi connectivity index (χ3n) is 3.73. The van der Waals surface area contributed by atoms with E-state index in [1.165, 1.54) is 6.42 Å². The zero-order valence-electron chi connectivity index (χ0n) is 14.8. The van der Waals surface area contributed by atoms with Crippen LogP contribution in [0.25, 0.3) is 5.65 Å². The molecule has 0 aliphatic heterocycles. The number of aliphatic imine (C=N–C) groups is 1. The minimum absolute atomic E-state index is 0.354. The molecule has 0 radical (unpaired) electrons. The number of pyridine rings is 1. The van der Waals surface area contributed by atoms with E-state index in [2.05, 4.69) is 53.5 Å². The standard InChI is InChI=1S/C17H28N6/c1-13(9-10-17(2,3)4)20-16(18-5)19-12-15-22-21-14-8-6-7-11-23(14)15/h6-8,11,13H,9-10,12H2,1-5H3,(H2,18,19,20). The van der Waals surface area contributed by atoms with Crippen LogP contribution >= 0.6 is 0 Å². The average molecular weight is 316 g/mol. The minimum Gasteiger partial charge on any atom is -0.354 e. The molecule has 0 aliphatic carbocycles. The summed E-state index contributed by atoms with van der Waals surface area (Å²) in [7, 11) is 1.79. The molecule has 0 fully saturated rings. The van der Waals surface area contributed by atoms with Crippen molar-refractivity contribution in [3.63, 3.8) is 0 Å². The summed E-state index contributed by atoms with van der Waals surface area (Å²) in [5.74, 6) is 1.66. The molecule has 2 heterocycles. The van der Waals surface area contributed by atoms with Crippen molar-refractivity contribution < 1.29 is 0 Å². The second-order valence-corrected chi connectivity index (χ2v) is 7.12. The summed E-state index contributed by atoms with van der Waals surface area (Å²) in [6.07, 6.45) is 4.25. The monoisotopic (exact) mass is 316 g/mol. The van der Waals surface area contributed by atoms with E-state index in [0.717, 1.165) is 23.9 Å². The normalized spacial score (nSPS) is 14.0. The molecule has 126 valence electrons. The van der Waals surface area contributed by atoms with Crippen molar-refractivity contribution in [1.82, 2.24) is 25.2 Å². The summed E-state index contributed by atoms with van der Waals surface area (Å²) in [6.45, 7) is 9.57. The molecule has 0 amide bonds. The Morgan fingerprint density at radius 1 is 1.30 bits per heavy atom. The fraction of sp³-hybridized carbons (Fsp3) is 0.588. The van der Waals surface area contributed by atoms with Crippen molar-refractivity contribution in [2.75, 3.05) is 7.05 Å². The van der Waals surface area contributed by atoms with Crippen LogP contribution < -0.4 is 10.6 Å². The molecule has 0 bridgehead atoms. The van der Waals surface area contributed by atoms with Gasteiger partial charge >= 0.3 is 0 Å². The summed E-state index contributed by atoms with van der Waals surface area (Å²) < 4.78 is 1.98. The topological polar surface area (TPSA) is 66.6 Å². The predicted octanol–water partition coefficient (Wildman–Crippen LogP) is 2.61. The van der Waals surface area contributed by atoms with E-state index in [-0.39, 0.29) is 0 Å².